The van der Waals surface area contributed by atoms with Gasteiger partial charge in [-0.15, -0.1) is 0 Å². The standard InChI is InChI=1S/C39H43N5O3/c1-26-15-17-31(18-16-26)44-36(25-35(42-44)39(3,4)5)41-38(46)40-33-14-10-9-13-30(33)23-28-19-21-43(22-20-28)37(45)32-24-34(47-27(32)2)29-11-7-6-8-12-29/h6-18,24-25,28H,19-23H2,1-5H3,(H2,40,41,46). The molecule has 6 rings (SSSR count). The van der Waals surface area contributed by atoms with Crippen LogP contribution in [0.4, 0.5) is 16.3 Å². The molecule has 8 heteroatoms. The number of carbonyl (C=O) groups is 2. The topological polar surface area (TPSA) is 92.4 Å². The van der Waals surface area contributed by atoms with Crippen LogP contribution in [0.25, 0.3) is 17.0 Å². The lowest BCUT2D eigenvalue weighted by Gasteiger charge is -2.32. The van der Waals surface area contributed by atoms with Crippen molar-refractivity contribution in [2.45, 2.75) is 59.3 Å². The quantitative estimate of drug-likeness (QED) is 0.188. The highest BCUT2D eigenvalue weighted by Gasteiger charge is 2.27. The maximum Gasteiger partial charge on any atom is 0.324 e. The van der Waals surface area contributed by atoms with Gasteiger partial charge in [0.15, 0.2) is 0 Å². The number of nitrogens with zero attached hydrogens (tertiary/aromatic N) is 3. The zero-order chi connectivity index (χ0) is 33.1. The Morgan fingerprint density at radius 1 is 0.872 bits per heavy atom. The Labute approximate surface area is 276 Å². The molecule has 0 spiro atoms. The Morgan fingerprint density at radius 3 is 2.26 bits per heavy atom. The third-order valence-electron chi connectivity index (χ3n) is 8.88. The maximum atomic E-state index is 13.4. The third kappa shape index (κ3) is 7.32. The molecule has 3 amide bonds. The Bertz CT molecular complexity index is 1860. The Balaban J connectivity index is 1.09. The summed E-state index contributed by atoms with van der Waals surface area (Å²) >= 11 is 0. The van der Waals surface area contributed by atoms with Crippen LogP contribution in [-0.4, -0.2) is 39.7 Å². The number of para-hydroxylation sites is 1. The van der Waals surface area contributed by atoms with E-state index < -0.39 is 0 Å². The van der Waals surface area contributed by atoms with Gasteiger partial charge in [0.2, 0.25) is 0 Å². The smallest absolute Gasteiger partial charge is 0.324 e. The molecule has 2 N–H and O–H groups in total. The number of anilines is 2. The van der Waals surface area contributed by atoms with Crippen LogP contribution in [0.5, 0.6) is 0 Å². The largest absolute Gasteiger partial charge is 0.461 e. The van der Waals surface area contributed by atoms with Gasteiger partial charge in [-0.1, -0.05) is 87.0 Å². The summed E-state index contributed by atoms with van der Waals surface area (Å²) in [6.45, 7) is 11.6. The molecule has 0 aliphatic carbocycles. The molecule has 0 bridgehead atoms. The van der Waals surface area contributed by atoms with Crippen LogP contribution >= 0.6 is 0 Å². The van der Waals surface area contributed by atoms with E-state index in [2.05, 4.69) is 37.5 Å². The molecule has 0 radical (unpaired) electrons. The number of aryl methyl sites for hydroxylation is 2. The summed E-state index contributed by atoms with van der Waals surface area (Å²) in [5.41, 5.74) is 6.18. The third-order valence-corrected chi connectivity index (χ3v) is 8.88. The Hall–Kier alpha value is -5.11. The first-order valence-electron chi connectivity index (χ1n) is 16.3. The minimum Gasteiger partial charge on any atom is -0.461 e. The van der Waals surface area contributed by atoms with Crippen molar-refractivity contribution in [3.8, 4) is 17.0 Å². The van der Waals surface area contributed by atoms with Crippen molar-refractivity contribution in [3.63, 3.8) is 0 Å². The fraction of sp³-hybridized carbons (Fsp3) is 0.308. The Kier molecular flexibility index (Phi) is 9.03. The van der Waals surface area contributed by atoms with E-state index in [0.717, 1.165) is 53.0 Å². The molecular formula is C39H43N5O3. The van der Waals surface area contributed by atoms with Gasteiger partial charge in [0.05, 0.1) is 16.9 Å². The highest BCUT2D eigenvalue weighted by atomic mass is 16.3. The predicted octanol–water partition coefficient (Wildman–Crippen LogP) is 8.79. The number of aromatic nitrogens is 2. The van der Waals surface area contributed by atoms with Crippen molar-refractivity contribution in [3.05, 3.63) is 119 Å². The number of carbonyl (C=O) groups excluding carboxylic acids is 2. The molecule has 3 aromatic carbocycles. The maximum absolute atomic E-state index is 13.4. The van der Waals surface area contributed by atoms with Crippen molar-refractivity contribution >= 4 is 23.4 Å². The number of benzene rings is 3. The molecular weight excluding hydrogens is 586 g/mol. The van der Waals surface area contributed by atoms with Crippen LogP contribution in [0.15, 0.2) is 95.4 Å². The van der Waals surface area contributed by atoms with Gasteiger partial charge in [-0.25, -0.2) is 9.48 Å². The average Bonchev–Trinajstić information content (AvgIpc) is 3.67. The summed E-state index contributed by atoms with van der Waals surface area (Å²) in [7, 11) is 0. The van der Waals surface area contributed by atoms with Crippen LogP contribution in [-0.2, 0) is 11.8 Å². The molecule has 2 aromatic heterocycles. The van der Waals surface area contributed by atoms with Crippen LogP contribution in [0.1, 0.15) is 66.6 Å². The fourth-order valence-corrected chi connectivity index (χ4v) is 6.07. The number of likely N-dealkylation sites (tertiary alicyclic amines) is 1. The second-order valence-electron chi connectivity index (χ2n) is 13.5. The van der Waals surface area contributed by atoms with Gasteiger partial charge in [-0.3, -0.25) is 10.1 Å². The first-order valence-corrected chi connectivity index (χ1v) is 16.3. The molecule has 0 saturated carbocycles. The summed E-state index contributed by atoms with van der Waals surface area (Å²) in [5, 5.41) is 11.0. The first-order chi connectivity index (χ1) is 22.5. The first kappa shape index (κ1) is 31.9. The van der Waals surface area contributed by atoms with E-state index >= 15 is 0 Å². The summed E-state index contributed by atoms with van der Waals surface area (Å²) in [6.07, 6.45) is 2.59. The number of furan rings is 1. The monoisotopic (exact) mass is 629 g/mol. The van der Waals surface area contributed by atoms with Gasteiger partial charge in [-0.05, 0) is 68.9 Å². The molecule has 3 heterocycles. The fourth-order valence-electron chi connectivity index (χ4n) is 6.07. The Morgan fingerprint density at radius 2 is 1.55 bits per heavy atom. The molecule has 1 saturated heterocycles. The molecule has 242 valence electrons. The highest BCUT2D eigenvalue weighted by molar-refractivity contribution is 6.00. The lowest BCUT2D eigenvalue weighted by Crippen LogP contribution is -2.39. The normalized spacial score (nSPS) is 13.9. The molecule has 1 aliphatic rings. The van der Waals surface area contributed by atoms with E-state index in [-0.39, 0.29) is 17.4 Å². The second kappa shape index (κ2) is 13.3. The molecule has 0 atom stereocenters. The van der Waals surface area contributed by atoms with Gasteiger partial charge in [-0.2, -0.15) is 5.10 Å². The van der Waals surface area contributed by atoms with Gasteiger partial charge in [0.25, 0.3) is 5.91 Å². The predicted molar refractivity (Wildman–Crippen MR) is 187 cm³/mol. The van der Waals surface area contributed by atoms with E-state index in [9.17, 15) is 9.59 Å². The summed E-state index contributed by atoms with van der Waals surface area (Å²) in [4.78, 5) is 28.8. The van der Waals surface area contributed by atoms with E-state index in [1.807, 2.05) is 104 Å². The van der Waals surface area contributed by atoms with Crippen molar-refractivity contribution < 1.29 is 14.0 Å². The van der Waals surface area contributed by atoms with Gasteiger partial charge in [0, 0.05) is 35.8 Å². The minimum atomic E-state index is -0.322. The lowest BCUT2D eigenvalue weighted by atomic mass is 9.89. The molecule has 0 unspecified atom stereocenters. The zero-order valence-electron chi connectivity index (χ0n) is 27.8. The molecule has 47 heavy (non-hydrogen) atoms. The van der Waals surface area contributed by atoms with E-state index in [0.29, 0.717) is 41.9 Å². The van der Waals surface area contributed by atoms with Crippen molar-refractivity contribution in [1.29, 1.82) is 0 Å². The van der Waals surface area contributed by atoms with E-state index in [1.54, 1.807) is 4.68 Å². The minimum absolute atomic E-state index is 0.0186. The van der Waals surface area contributed by atoms with Gasteiger partial charge in [0.1, 0.15) is 17.3 Å². The number of urea groups is 1. The van der Waals surface area contributed by atoms with E-state index in [1.165, 1.54) is 0 Å². The molecule has 5 aromatic rings. The number of hydrogen-bond acceptors (Lipinski definition) is 4. The second-order valence-corrected chi connectivity index (χ2v) is 13.5. The van der Waals surface area contributed by atoms with Crippen LogP contribution in [0.2, 0.25) is 0 Å². The summed E-state index contributed by atoms with van der Waals surface area (Å²) in [5.74, 6) is 2.38. The molecule has 8 nitrogen and oxygen atoms in total. The average molecular weight is 630 g/mol. The van der Waals surface area contributed by atoms with E-state index in [4.69, 9.17) is 9.52 Å². The van der Waals surface area contributed by atoms with Crippen molar-refractivity contribution in [1.82, 2.24) is 14.7 Å². The molecule has 1 aliphatic heterocycles. The highest BCUT2D eigenvalue weighted by Crippen LogP contribution is 2.30. The van der Waals surface area contributed by atoms with Crippen molar-refractivity contribution in [2.75, 3.05) is 23.7 Å². The van der Waals surface area contributed by atoms with Gasteiger partial charge >= 0.3 is 6.03 Å². The zero-order valence-corrected chi connectivity index (χ0v) is 27.8. The number of amides is 3. The summed E-state index contributed by atoms with van der Waals surface area (Å²) < 4.78 is 7.74. The van der Waals surface area contributed by atoms with Gasteiger partial charge < -0.3 is 14.6 Å². The number of piperidine rings is 1. The number of nitrogens with one attached hydrogen (secondary N) is 2. The van der Waals surface area contributed by atoms with Crippen LogP contribution in [0.3, 0.4) is 0 Å². The van der Waals surface area contributed by atoms with Crippen LogP contribution < -0.4 is 10.6 Å². The molecule has 1 fully saturated rings. The summed E-state index contributed by atoms with van der Waals surface area (Å²) in [6, 6.07) is 29.4. The number of hydrogen-bond donors (Lipinski definition) is 2. The van der Waals surface area contributed by atoms with Crippen molar-refractivity contribution in [2.24, 2.45) is 5.92 Å². The van der Waals surface area contributed by atoms with Crippen LogP contribution in [0, 0.1) is 19.8 Å². The SMILES string of the molecule is Cc1ccc(-n2nc(C(C)(C)C)cc2NC(=O)Nc2ccccc2CC2CCN(C(=O)c3cc(-c4ccccc4)oc3C)CC2)cc1. The lowest BCUT2D eigenvalue weighted by molar-refractivity contribution is 0.0688. The number of rotatable bonds is 7.